The number of ether oxygens (including phenoxy) is 2. The molecule has 1 heterocycles. The van der Waals surface area contributed by atoms with Gasteiger partial charge in [0.15, 0.2) is 5.75 Å². The molecule has 0 spiro atoms. The highest BCUT2D eigenvalue weighted by Crippen LogP contribution is 2.24. The quantitative estimate of drug-likeness (QED) is 0.839. The molecule has 1 aromatic heterocycles. The van der Waals surface area contributed by atoms with E-state index in [0.29, 0.717) is 12.6 Å². The summed E-state index contributed by atoms with van der Waals surface area (Å²) in [4.78, 5) is 0. The predicted molar refractivity (Wildman–Crippen MR) is 77.6 cm³/mol. The average Bonchev–Trinajstić information content (AvgIpc) is 2.87. The number of hydrogen-bond acceptors (Lipinski definition) is 3. The van der Waals surface area contributed by atoms with Crippen LogP contribution in [0.3, 0.4) is 0 Å². The molecular weight excluding hydrogens is 308 g/mol. The Morgan fingerprint density at radius 2 is 2.11 bits per heavy atom. The Morgan fingerprint density at radius 3 is 2.74 bits per heavy atom. The monoisotopic (exact) mass is 324 g/mol. The van der Waals surface area contributed by atoms with Crippen LogP contribution in [0.15, 0.2) is 35.1 Å². The summed E-state index contributed by atoms with van der Waals surface area (Å²) in [6, 6.07) is 6.15. The Kier molecular flexibility index (Phi) is 4.47. The van der Waals surface area contributed by atoms with Gasteiger partial charge in [0.2, 0.25) is 0 Å². The van der Waals surface area contributed by atoms with E-state index in [1.807, 2.05) is 29.1 Å². The van der Waals surface area contributed by atoms with Crippen molar-refractivity contribution >= 4 is 15.9 Å². The summed E-state index contributed by atoms with van der Waals surface area (Å²) >= 11 is 3.51. The minimum Gasteiger partial charge on any atom is -0.497 e. The van der Waals surface area contributed by atoms with E-state index in [2.05, 4.69) is 34.9 Å². The predicted octanol–water partition coefficient (Wildman–Crippen LogP) is 3.81. The third kappa shape index (κ3) is 3.50. The van der Waals surface area contributed by atoms with Gasteiger partial charge in [-0.25, -0.2) is 0 Å². The van der Waals surface area contributed by atoms with Crippen LogP contribution < -0.4 is 9.47 Å². The molecule has 0 aliphatic rings. The summed E-state index contributed by atoms with van der Waals surface area (Å²) in [5.41, 5.74) is 1.04. The molecule has 0 unspecified atom stereocenters. The van der Waals surface area contributed by atoms with Gasteiger partial charge < -0.3 is 9.47 Å². The molecule has 19 heavy (non-hydrogen) atoms. The maximum absolute atomic E-state index is 5.73. The fourth-order valence-electron chi connectivity index (χ4n) is 1.63. The zero-order valence-corrected chi connectivity index (χ0v) is 12.8. The molecule has 102 valence electrons. The summed E-state index contributed by atoms with van der Waals surface area (Å²) < 4.78 is 13.8. The third-order valence-corrected chi connectivity index (χ3v) is 3.53. The van der Waals surface area contributed by atoms with Gasteiger partial charge in [-0.1, -0.05) is 15.9 Å². The lowest BCUT2D eigenvalue weighted by Crippen LogP contribution is -2.00. The topological polar surface area (TPSA) is 36.3 Å². The first-order chi connectivity index (χ1) is 9.10. The molecule has 0 aliphatic carbocycles. The van der Waals surface area contributed by atoms with Gasteiger partial charge in [0.1, 0.15) is 12.4 Å². The van der Waals surface area contributed by atoms with Crippen LogP contribution in [0.4, 0.5) is 0 Å². The second-order valence-corrected chi connectivity index (χ2v) is 5.35. The van der Waals surface area contributed by atoms with E-state index in [-0.39, 0.29) is 0 Å². The lowest BCUT2D eigenvalue weighted by atomic mass is 10.2. The Hall–Kier alpha value is -1.49. The molecule has 0 atom stereocenters. The van der Waals surface area contributed by atoms with Gasteiger partial charge in [0.05, 0.1) is 19.5 Å². The van der Waals surface area contributed by atoms with Crippen LogP contribution in [0.1, 0.15) is 25.5 Å². The maximum Gasteiger partial charge on any atom is 0.157 e. The van der Waals surface area contributed by atoms with Crippen LogP contribution in [-0.4, -0.2) is 16.9 Å². The number of hydrogen-bond donors (Lipinski definition) is 0. The van der Waals surface area contributed by atoms with Gasteiger partial charge in [-0.2, -0.15) is 5.10 Å². The van der Waals surface area contributed by atoms with E-state index in [1.54, 1.807) is 13.3 Å². The lowest BCUT2D eigenvalue weighted by molar-refractivity contribution is 0.303. The van der Waals surface area contributed by atoms with Gasteiger partial charge in [-0.3, -0.25) is 4.68 Å². The smallest absolute Gasteiger partial charge is 0.157 e. The molecule has 2 rings (SSSR count). The molecule has 5 heteroatoms. The highest BCUT2D eigenvalue weighted by atomic mass is 79.9. The van der Waals surface area contributed by atoms with E-state index in [9.17, 15) is 0 Å². The van der Waals surface area contributed by atoms with Crippen molar-refractivity contribution in [3.63, 3.8) is 0 Å². The minimum absolute atomic E-state index is 0.334. The van der Waals surface area contributed by atoms with Crippen LogP contribution in [0, 0.1) is 0 Å². The summed E-state index contributed by atoms with van der Waals surface area (Å²) in [6.45, 7) is 4.63. The van der Waals surface area contributed by atoms with Crippen molar-refractivity contribution < 1.29 is 9.47 Å². The van der Waals surface area contributed by atoms with E-state index in [0.717, 1.165) is 21.5 Å². The first kappa shape index (κ1) is 13.9. The van der Waals surface area contributed by atoms with Crippen LogP contribution in [-0.2, 0) is 6.61 Å². The fraction of sp³-hybridized carbons (Fsp3) is 0.357. The second-order valence-electron chi connectivity index (χ2n) is 4.50. The van der Waals surface area contributed by atoms with Crippen molar-refractivity contribution in [1.82, 2.24) is 9.78 Å². The van der Waals surface area contributed by atoms with Crippen LogP contribution in [0.2, 0.25) is 0 Å². The number of aromatic nitrogens is 2. The van der Waals surface area contributed by atoms with Gasteiger partial charge in [-0.05, 0) is 32.0 Å². The molecule has 0 radical (unpaired) electrons. The largest absolute Gasteiger partial charge is 0.497 e. The summed E-state index contributed by atoms with van der Waals surface area (Å²) in [5, 5.41) is 4.24. The highest BCUT2D eigenvalue weighted by Gasteiger charge is 2.06. The number of methoxy groups -OCH3 is 1. The Balaban J connectivity index is 2.05. The van der Waals surface area contributed by atoms with E-state index in [4.69, 9.17) is 9.47 Å². The van der Waals surface area contributed by atoms with Crippen molar-refractivity contribution in [2.45, 2.75) is 26.5 Å². The van der Waals surface area contributed by atoms with Gasteiger partial charge in [0, 0.05) is 16.1 Å². The standard InChI is InChI=1S/C14H17BrN2O2/c1-10(2)17-8-13(7-16-17)19-9-11-6-12(18-3)4-5-14(11)15/h4-8,10H,9H2,1-3H3. The fourth-order valence-corrected chi connectivity index (χ4v) is 1.99. The van der Waals surface area contributed by atoms with Crippen LogP contribution >= 0.6 is 15.9 Å². The van der Waals surface area contributed by atoms with Crippen molar-refractivity contribution in [3.8, 4) is 11.5 Å². The van der Waals surface area contributed by atoms with E-state index < -0.39 is 0 Å². The number of benzene rings is 1. The molecule has 0 amide bonds. The van der Waals surface area contributed by atoms with Crippen molar-refractivity contribution in [3.05, 3.63) is 40.6 Å². The Labute approximate surface area is 121 Å². The third-order valence-electron chi connectivity index (χ3n) is 2.75. The highest BCUT2D eigenvalue weighted by molar-refractivity contribution is 9.10. The summed E-state index contributed by atoms with van der Waals surface area (Å²) in [7, 11) is 1.65. The molecule has 0 saturated heterocycles. The average molecular weight is 325 g/mol. The molecule has 4 nitrogen and oxygen atoms in total. The first-order valence-corrected chi connectivity index (χ1v) is 6.89. The van der Waals surface area contributed by atoms with Gasteiger partial charge in [0.25, 0.3) is 0 Å². The molecule has 1 aromatic carbocycles. The molecule has 0 fully saturated rings. The zero-order valence-electron chi connectivity index (χ0n) is 11.3. The van der Waals surface area contributed by atoms with Gasteiger partial charge in [-0.15, -0.1) is 0 Å². The Morgan fingerprint density at radius 1 is 1.32 bits per heavy atom. The van der Waals surface area contributed by atoms with Crippen LogP contribution in [0.25, 0.3) is 0 Å². The molecule has 0 saturated carbocycles. The zero-order chi connectivity index (χ0) is 13.8. The first-order valence-electron chi connectivity index (χ1n) is 6.09. The van der Waals surface area contributed by atoms with Crippen molar-refractivity contribution in [2.24, 2.45) is 0 Å². The number of rotatable bonds is 5. The lowest BCUT2D eigenvalue weighted by Gasteiger charge is -2.08. The Bertz CT molecular complexity index is 552. The minimum atomic E-state index is 0.334. The molecule has 0 bridgehead atoms. The van der Waals surface area contributed by atoms with Crippen molar-refractivity contribution in [1.29, 1.82) is 0 Å². The van der Waals surface area contributed by atoms with E-state index in [1.165, 1.54) is 0 Å². The SMILES string of the molecule is COc1ccc(Br)c(COc2cnn(C(C)C)c2)c1. The summed E-state index contributed by atoms with van der Waals surface area (Å²) in [6.07, 6.45) is 3.63. The summed E-state index contributed by atoms with van der Waals surface area (Å²) in [5.74, 6) is 1.59. The molecule has 0 N–H and O–H groups in total. The normalized spacial score (nSPS) is 10.8. The molecule has 0 aliphatic heterocycles. The molecule has 2 aromatic rings. The number of halogens is 1. The van der Waals surface area contributed by atoms with Crippen molar-refractivity contribution in [2.75, 3.05) is 7.11 Å². The van der Waals surface area contributed by atoms with E-state index >= 15 is 0 Å². The molecular formula is C14H17BrN2O2. The number of nitrogens with zero attached hydrogens (tertiary/aromatic N) is 2. The van der Waals surface area contributed by atoms with Gasteiger partial charge >= 0.3 is 0 Å². The van der Waals surface area contributed by atoms with Crippen LogP contribution in [0.5, 0.6) is 11.5 Å². The second kappa shape index (κ2) is 6.10. The maximum atomic E-state index is 5.73.